The first kappa shape index (κ1) is 19.5. The minimum Gasteiger partial charge on any atom is -0.481 e. The Kier molecular flexibility index (Phi) is 5.33. The number of urea groups is 1. The zero-order valence-electron chi connectivity index (χ0n) is 15.4. The molecule has 2 aliphatic rings. The number of nitrogens with one attached hydrogen (secondary N) is 1. The van der Waals surface area contributed by atoms with Gasteiger partial charge >= 0.3 is 12.0 Å². The van der Waals surface area contributed by atoms with Crippen molar-refractivity contribution in [3.63, 3.8) is 0 Å². The minimum atomic E-state index is -0.921. The second-order valence-electron chi connectivity index (χ2n) is 7.72. The summed E-state index contributed by atoms with van der Waals surface area (Å²) in [5.74, 6) is -2.16. The van der Waals surface area contributed by atoms with Crippen LogP contribution in [0.25, 0.3) is 0 Å². The average Bonchev–Trinajstić information content (AvgIpc) is 3.25. The van der Waals surface area contributed by atoms with E-state index in [1.807, 2.05) is 13.8 Å². The highest BCUT2D eigenvalue weighted by Gasteiger charge is 2.66. The van der Waals surface area contributed by atoms with Crippen LogP contribution < -0.4 is 5.32 Å². The van der Waals surface area contributed by atoms with Gasteiger partial charge in [-0.1, -0.05) is 31.5 Å². The Morgan fingerprint density at radius 2 is 1.78 bits per heavy atom. The van der Waals surface area contributed by atoms with Crippen LogP contribution in [0.2, 0.25) is 5.02 Å². The number of carbonyl (C=O) groups is 3. The molecule has 3 amide bonds. The number of hydrogen-bond acceptors (Lipinski definition) is 3. The highest BCUT2D eigenvalue weighted by molar-refractivity contribution is 6.30. The number of anilines is 1. The van der Waals surface area contributed by atoms with Gasteiger partial charge in [0.2, 0.25) is 5.91 Å². The van der Waals surface area contributed by atoms with Crippen molar-refractivity contribution < 1.29 is 19.5 Å². The Bertz CT molecular complexity index is 767. The summed E-state index contributed by atoms with van der Waals surface area (Å²) in [6, 6.07) is 6.70. The van der Waals surface area contributed by atoms with Crippen molar-refractivity contribution in [1.82, 2.24) is 9.80 Å². The molecular weight excluding hydrogens is 370 g/mol. The van der Waals surface area contributed by atoms with Crippen molar-refractivity contribution >= 4 is 35.2 Å². The fourth-order valence-electron chi connectivity index (χ4n) is 3.87. The van der Waals surface area contributed by atoms with Crippen molar-refractivity contribution in [3.05, 3.63) is 29.3 Å². The third-order valence-electron chi connectivity index (χ3n) is 5.53. The first-order valence-electron chi connectivity index (χ1n) is 9.05. The number of carboxylic acid groups (broad SMARTS) is 1. The monoisotopic (exact) mass is 393 g/mol. The van der Waals surface area contributed by atoms with E-state index in [4.69, 9.17) is 11.6 Å². The summed E-state index contributed by atoms with van der Waals surface area (Å²) in [5.41, 5.74) is 0.104. The molecule has 1 aromatic rings. The predicted molar refractivity (Wildman–Crippen MR) is 102 cm³/mol. The third kappa shape index (κ3) is 4.03. The lowest BCUT2D eigenvalue weighted by Gasteiger charge is -2.23. The van der Waals surface area contributed by atoms with Crippen LogP contribution in [0.3, 0.4) is 0 Å². The summed E-state index contributed by atoms with van der Waals surface area (Å²) in [6.07, 6.45) is 0.652. The Labute approximate surface area is 163 Å². The summed E-state index contributed by atoms with van der Waals surface area (Å²) in [5, 5.41) is 12.7. The lowest BCUT2D eigenvalue weighted by Crippen LogP contribution is -2.40. The van der Waals surface area contributed by atoms with E-state index in [0.717, 1.165) is 0 Å². The molecule has 2 fully saturated rings. The number of benzene rings is 1. The average molecular weight is 394 g/mol. The predicted octanol–water partition coefficient (Wildman–Crippen LogP) is 2.76. The van der Waals surface area contributed by atoms with Crippen LogP contribution in [0, 0.1) is 17.3 Å². The van der Waals surface area contributed by atoms with Gasteiger partial charge in [0.05, 0.1) is 11.8 Å². The largest absolute Gasteiger partial charge is 0.481 e. The molecule has 1 heterocycles. The van der Waals surface area contributed by atoms with Gasteiger partial charge < -0.3 is 20.2 Å². The fourth-order valence-corrected chi connectivity index (χ4v) is 4.06. The summed E-state index contributed by atoms with van der Waals surface area (Å²) in [7, 11) is 0. The van der Waals surface area contributed by atoms with Gasteiger partial charge in [0.25, 0.3) is 0 Å². The molecule has 1 aromatic carbocycles. The van der Waals surface area contributed by atoms with Crippen LogP contribution in [-0.2, 0) is 9.59 Å². The molecule has 3 rings (SSSR count). The molecule has 1 aliphatic carbocycles. The molecule has 2 N–H and O–H groups in total. The van der Waals surface area contributed by atoms with Gasteiger partial charge in [-0.15, -0.1) is 0 Å². The van der Waals surface area contributed by atoms with E-state index in [0.29, 0.717) is 43.3 Å². The second kappa shape index (κ2) is 7.38. The van der Waals surface area contributed by atoms with Crippen LogP contribution in [0.5, 0.6) is 0 Å². The highest BCUT2D eigenvalue weighted by atomic mass is 35.5. The summed E-state index contributed by atoms with van der Waals surface area (Å²) in [4.78, 5) is 40.0. The van der Waals surface area contributed by atoms with Crippen LogP contribution in [0.1, 0.15) is 20.3 Å². The van der Waals surface area contributed by atoms with E-state index in [2.05, 4.69) is 5.32 Å². The molecule has 27 heavy (non-hydrogen) atoms. The first-order valence-corrected chi connectivity index (χ1v) is 9.42. The van der Waals surface area contributed by atoms with Gasteiger partial charge in [0.1, 0.15) is 0 Å². The van der Waals surface area contributed by atoms with Crippen LogP contribution in [0.4, 0.5) is 10.5 Å². The molecular formula is C19H24ClN3O4. The van der Waals surface area contributed by atoms with E-state index in [9.17, 15) is 19.5 Å². The number of hydrogen-bond donors (Lipinski definition) is 2. The van der Waals surface area contributed by atoms with Gasteiger partial charge in [-0.2, -0.15) is 0 Å². The number of carboxylic acids is 1. The Morgan fingerprint density at radius 3 is 2.41 bits per heavy atom. The zero-order chi connectivity index (χ0) is 19.8. The quantitative estimate of drug-likeness (QED) is 0.826. The molecule has 0 aromatic heterocycles. The smallest absolute Gasteiger partial charge is 0.321 e. The SMILES string of the molecule is CC1(C)[C@H](C(=O)O)[C@@H]1C(=O)N1CCCN(C(=O)Nc2cccc(Cl)c2)CC1. The molecule has 7 nitrogen and oxygen atoms in total. The standard InChI is InChI=1S/C19H24ClN3O4/c1-19(2)14(15(19)17(25)26)16(24)22-7-4-8-23(10-9-22)18(27)21-13-6-3-5-12(20)11-13/h3,5-6,11,14-15H,4,7-10H2,1-2H3,(H,21,27)(H,25,26)/t14-,15+/m1/s1. The summed E-state index contributed by atoms with van der Waals surface area (Å²) in [6.45, 7) is 5.50. The lowest BCUT2D eigenvalue weighted by molar-refractivity contribution is -0.142. The van der Waals surface area contributed by atoms with E-state index < -0.39 is 23.2 Å². The molecule has 2 atom stereocenters. The Morgan fingerprint density at radius 1 is 1.11 bits per heavy atom. The molecule has 8 heteroatoms. The number of aliphatic carboxylic acids is 1. The topological polar surface area (TPSA) is 90.0 Å². The minimum absolute atomic E-state index is 0.121. The van der Waals surface area contributed by atoms with E-state index in [-0.39, 0.29) is 11.9 Å². The number of carbonyl (C=O) groups excluding carboxylic acids is 2. The first-order chi connectivity index (χ1) is 12.7. The van der Waals surface area contributed by atoms with Crippen molar-refractivity contribution in [2.75, 3.05) is 31.5 Å². The number of rotatable bonds is 3. The van der Waals surface area contributed by atoms with Crippen molar-refractivity contribution in [3.8, 4) is 0 Å². The molecule has 146 valence electrons. The number of nitrogens with zero attached hydrogens (tertiary/aromatic N) is 2. The molecule has 0 radical (unpaired) electrons. The van der Waals surface area contributed by atoms with Gasteiger partial charge in [-0.05, 0) is 30.0 Å². The van der Waals surface area contributed by atoms with E-state index >= 15 is 0 Å². The highest BCUT2D eigenvalue weighted by Crippen LogP contribution is 2.59. The van der Waals surface area contributed by atoms with Gasteiger partial charge in [0.15, 0.2) is 0 Å². The van der Waals surface area contributed by atoms with Crippen LogP contribution in [-0.4, -0.2) is 59.0 Å². The Balaban J connectivity index is 1.58. The molecule has 0 bridgehead atoms. The molecule has 1 aliphatic heterocycles. The maximum absolute atomic E-state index is 12.8. The van der Waals surface area contributed by atoms with Crippen LogP contribution >= 0.6 is 11.6 Å². The molecule has 0 unspecified atom stereocenters. The molecule has 1 saturated heterocycles. The maximum Gasteiger partial charge on any atom is 0.321 e. The fraction of sp³-hybridized carbons (Fsp3) is 0.526. The normalized spacial score (nSPS) is 24.1. The molecule has 0 spiro atoms. The van der Waals surface area contributed by atoms with Crippen molar-refractivity contribution in [1.29, 1.82) is 0 Å². The lowest BCUT2D eigenvalue weighted by atomic mass is 10.1. The summed E-state index contributed by atoms with van der Waals surface area (Å²) >= 11 is 5.94. The van der Waals surface area contributed by atoms with Crippen molar-refractivity contribution in [2.24, 2.45) is 17.3 Å². The van der Waals surface area contributed by atoms with Gasteiger partial charge in [-0.25, -0.2) is 4.79 Å². The number of amides is 3. The zero-order valence-corrected chi connectivity index (χ0v) is 16.2. The maximum atomic E-state index is 12.8. The van der Waals surface area contributed by atoms with Gasteiger partial charge in [-0.3, -0.25) is 9.59 Å². The van der Waals surface area contributed by atoms with E-state index in [1.54, 1.807) is 34.1 Å². The second-order valence-corrected chi connectivity index (χ2v) is 8.16. The summed E-state index contributed by atoms with van der Waals surface area (Å²) < 4.78 is 0. The third-order valence-corrected chi connectivity index (χ3v) is 5.77. The van der Waals surface area contributed by atoms with Crippen molar-refractivity contribution in [2.45, 2.75) is 20.3 Å². The van der Waals surface area contributed by atoms with E-state index in [1.165, 1.54) is 0 Å². The molecule has 1 saturated carbocycles. The number of halogens is 1. The Hall–Kier alpha value is -2.28. The van der Waals surface area contributed by atoms with Crippen LogP contribution in [0.15, 0.2) is 24.3 Å². The van der Waals surface area contributed by atoms with Gasteiger partial charge in [0, 0.05) is 36.9 Å².